The highest BCUT2D eigenvalue weighted by Gasteiger charge is 2.23. The second kappa shape index (κ2) is 9.79. The number of hydrogen-bond acceptors (Lipinski definition) is 8. The van der Waals surface area contributed by atoms with E-state index in [1.165, 1.54) is 23.1 Å². The number of amides is 1. The van der Waals surface area contributed by atoms with Crippen molar-refractivity contribution in [2.24, 2.45) is 0 Å². The SMILES string of the molecule is CCOC(=O)Cc1csc(SCC(=O)N(C)CC2COc3ccccc3O2)n1. The Hall–Kier alpha value is -2.26. The van der Waals surface area contributed by atoms with Crippen molar-refractivity contribution in [3.63, 3.8) is 0 Å². The molecule has 1 aliphatic heterocycles. The molecule has 0 fully saturated rings. The number of thiazole rings is 1. The number of ether oxygens (including phenoxy) is 3. The van der Waals surface area contributed by atoms with E-state index in [9.17, 15) is 9.59 Å². The molecule has 1 aliphatic rings. The fourth-order valence-electron chi connectivity index (χ4n) is 2.59. The molecule has 0 saturated carbocycles. The zero-order valence-electron chi connectivity index (χ0n) is 15.8. The molecule has 1 atom stereocenters. The molecule has 28 heavy (non-hydrogen) atoms. The Bertz CT molecular complexity index is 826. The number of fused-ring (bicyclic) bond motifs is 1. The summed E-state index contributed by atoms with van der Waals surface area (Å²) in [6.07, 6.45) is -0.0518. The summed E-state index contributed by atoms with van der Waals surface area (Å²) in [4.78, 5) is 29.9. The van der Waals surface area contributed by atoms with Crippen molar-refractivity contribution in [3.05, 3.63) is 35.3 Å². The number of aromatic nitrogens is 1. The first-order chi connectivity index (χ1) is 13.5. The van der Waals surface area contributed by atoms with E-state index in [0.717, 1.165) is 10.1 Å². The minimum absolute atomic E-state index is 0.0189. The zero-order valence-corrected chi connectivity index (χ0v) is 17.4. The smallest absolute Gasteiger partial charge is 0.311 e. The van der Waals surface area contributed by atoms with Crippen LogP contribution in [0.1, 0.15) is 12.6 Å². The number of carbonyl (C=O) groups is 2. The Labute approximate surface area is 172 Å². The van der Waals surface area contributed by atoms with Gasteiger partial charge in [-0.25, -0.2) is 4.98 Å². The molecule has 2 heterocycles. The molecule has 1 amide bonds. The van der Waals surface area contributed by atoms with Gasteiger partial charge in [0.25, 0.3) is 0 Å². The molecule has 1 aromatic carbocycles. The van der Waals surface area contributed by atoms with Crippen molar-refractivity contribution in [1.29, 1.82) is 0 Å². The third-order valence-corrected chi connectivity index (χ3v) is 6.01. The van der Waals surface area contributed by atoms with Crippen LogP contribution < -0.4 is 9.47 Å². The van der Waals surface area contributed by atoms with Crippen molar-refractivity contribution < 1.29 is 23.8 Å². The maximum atomic E-state index is 12.4. The molecule has 0 bridgehead atoms. The summed E-state index contributed by atoms with van der Waals surface area (Å²) in [6.45, 7) is 2.98. The molecule has 0 spiro atoms. The highest BCUT2D eigenvalue weighted by atomic mass is 32.2. The topological polar surface area (TPSA) is 78.0 Å². The normalized spacial score (nSPS) is 15.1. The molecule has 0 N–H and O–H groups in total. The van der Waals surface area contributed by atoms with Gasteiger partial charge in [-0.2, -0.15) is 0 Å². The van der Waals surface area contributed by atoms with Gasteiger partial charge in [0.15, 0.2) is 21.9 Å². The predicted octanol–water partition coefficient (Wildman–Crippen LogP) is 2.64. The Morgan fingerprint density at radius 3 is 2.93 bits per heavy atom. The predicted molar refractivity (Wildman–Crippen MR) is 107 cm³/mol. The van der Waals surface area contributed by atoms with E-state index in [4.69, 9.17) is 14.2 Å². The summed E-state index contributed by atoms with van der Waals surface area (Å²) in [5.74, 6) is 1.38. The summed E-state index contributed by atoms with van der Waals surface area (Å²) < 4.78 is 17.3. The number of likely N-dealkylation sites (N-methyl/N-ethyl adjacent to an activating group) is 1. The van der Waals surface area contributed by atoms with Crippen LogP contribution in [0.3, 0.4) is 0 Å². The second-order valence-corrected chi connectivity index (χ2v) is 8.23. The molecular formula is C19H22N2O5S2. The van der Waals surface area contributed by atoms with Gasteiger partial charge in [0.05, 0.1) is 31.0 Å². The van der Waals surface area contributed by atoms with E-state index >= 15 is 0 Å². The van der Waals surface area contributed by atoms with E-state index in [1.807, 2.05) is 29.6 Å². The Kier molecular flexibility index (Phi) is 7.16. The first-order valence-electron chi connectivity index (χ1n) is 8.90. The highest BCUT2D eigenvalue weighted by molar-refractivity contribution is 8.01. The van der Waals surface area contributed by atoms with Gasteiger partial charge in [-0.05, 0) is 19.1 Å². The average molecular weight is 423 g/mol. The summed E-state index contributed by atoms with van der Waals surface area (Å²) in [6, 6.07) is 7.50. The molecule has 3 rings (SSSR count). The molecular weight excluding hydrogens is 400 g/mol. The lowest BCUT2D eigenvalue weighted by Gasteiger charge is -2.29. The van der Waals surface area contributed by atoms with Crippen LogP contribution >= 0.6 is 23.1 Å². The van der Waals surface area contributed by atoms with E-state index < -0.39 is 0 Å². The highest BCUT2D eigenvalue weighted by Crippen LogP contribution is 2.31. The van der Waals surface area contributed by atoms with Crippen molar-refractivity contribution in [3.8, 4) is 11.5 Å². The average Bonchev–Trinajstić information content (AvgIpc) is 3.13. The fourth-order valence-corrected chi connectivity index (χ4v) is 4.38. The number of para-hydroxylation sites is 2. The van der Waals surface area contributed by atoms with Crippen LogP contribution in [0.4, 0.5) is 0 Å². The summed E-state index contributed by atoms with van der Waals surface area (Å²) in [5.41, 5.74) is 0.665. The molecule has 2 aromatic rings. The van der Waals surface area contributed by atoms with Gasteiger partial charge in [-0.1, -0.05) is 23.9 Å². The molecule has 0 radical (unpaired) electrons. The van der Waals surface area contributed by atoms with Gasteiger partial charge in [0.1, 0.15) is 6.61 Å². The number of hydrogen-bond donors (Lipinski definition) is 0. The summed E-state index contributed by atoms with van der Waals surface area (Å²) >= 11 is 2.78. The Balaban J connectivity index is 1.44. The molecule has 7 nitrogen and oxygen atoms in total. The monoisotopic (exact) mass is 422 g/mol. The van der Waals surface area contributed by atoms with Crippen LogP contribution in [0.2, 0.25) is 0 Å². The van der Waals surface area contributed by atoms with Gasteiger partial charge in [0, 0.05) is 12.4 Å². The van der Waals surface area contributed by atoms with Gasteiger partial charge in [-0.15, -0.1) is 11.3 Å². The Morgan fingerprint density at radius 2 is 2.14 bits per heavy atom. The van der Waals surface area contributed by atoms with Gasteiger partial charge in [0.2, 0.25) is 5.91 Å². The zero-order chi connectivity index (χ0) is 19.9. The number of benzene rings is 1. The van der Waals surface area contributed by atoms with E-state index in [-0.39, 0.29) is 30.2 Å². The minimum Gasteiger partial charge on any atom is -0.486 e. The van der Waals surface area contributed by atoms with E-state index in [0.29, 0.717) is 31.2 Å². The number of rotatable bonds is 8. The quantitative estimate of drug-likeness (QED) is 0.478. The van der Waals surface area contributed by atoms with Crippen LogP contribution in [0, 0.1) is 0 Å². The minimum atomic E-state index is -0.295. The molecule has 0 aliphatic carbocycles. The number of thioether (sulfide) groups is 1. The van der Waals surface area contributed by atoms with E-state index in [2.05, 4.69) is 4.98 Å². The number of nitrogens with zero attached hydrogens (tertiary/aromatic N) is 2. The molecule has 9 heteroatoms. The summed E-state index contributed by atoms with van der Waals surface area (Å²) in [7, 11) is 1.75. The van der Waals surface area contributed by atoms with Crippen LogP contribution in [0.25, 0.3) is 0 Å². The molecule has 1 aromatic heterocycles. The van der Waals surface area contributed by atoms with Gasteiger partial charge >= 0.3 is 5.97 Å². The van der Waals surface area contributed by atoms with E-state index in [1.54, 1.807) is 18.9 Å². The second-order valence-electron chi connectivity index (χ2n) is 6.15. The largest absolute Gasteiger partial charge is 0.486 e. The van der Waals surface area contributed by atoms with Crippen LogP contribution in [-0.4, -0.2) is 60.4 Å². The van der Waals surface area contributed by atoms with Crippen LogP contribution in [0.15, 0.2) is 34.0 Å². The number of carbonyl (C=O) groups excluding carboxylic acids is 2. The van der Waals surface area contributed by atoms with Crippen molar-refractivity contribution in [1.82, 2.24) is 9.88 Å². The van der Waals surface area contributed by atoms with Crippen molar-refractivity contribution in [2.75, 3.05) is 32.6 Å². The summed E-state index contributed by atoms with van der Waals surface area (Å²) in [5, 5.41) is 1.82. The first kappa shape index (κ1) is 20.5. The van der Waals surface area contributed by atoms with Gasteiger partial charge in [-0.3, -0.25) is 9.59 Å². The molecule has 0 saturated heterocycles. The van der Waals surface area contributed by atoms with Crippen LogP contribution in [0.5, 0.6) is 11.5 Å². The first-order valence-corrected chi connectivity index (χ1v) is 10.8. The lowest BCUT2D eigenvalue weighted by molar-refractivity contribution is -0.142. The Morgan fingerprint density at radius 1 is 1.36 bits per heavy atom. The van der Waals surface area contributed by atoms with Crippen molar-refractivity contribution in [2.45, 2.75) is 23.8 Å². The molecule has 150 valence electrons. The standard InChI is InChI=1S/C19H22N2O5S2/c1-3-24-18(23)8-13-11-27-19(20-13)28-12-17(22)21(2)9-14-10-25-15-6-4-5-7-16(15)26-14/h4-7,11,14H,3,8-10,12H2,1-2H3. The van der Waals surface area contributed by atoms with Crippen LogP contribution in [-0.2, 0) is 20.7 Å². The van der Waals surface area contributed by atoms with Crippen molar-refractivity contribution >= 4 is 35.0 Å². The lowest BCUT2D eigenvalue weighted by Crippen LogP contribution is -2.42. The lowest BCUT2D eigenvalue weighted by atomic mass is 10.2. The third-order valence-electron chi connectivity index (χ3n) is 3.95. The van der Waals surface area contributed by atoms with Gasteiger partial charge < -0.3 is 19.1 Å². The molecule has 1 unspecified atom stereocenters. The maximum absolute atomic E-state index is 12.4. The number of esters is 1. The third kappa shape index (κ3) is 5.62. The fraction of sp³-hybridized carbons (Fsp3) is 0.421. The maximum Gasteiger partial charge on any atom is 0.311 e.